The average Bonchev–Trinajstić information content (AvgIpc) is 2.98. The fourth-order valence-electron chi connectivity index (χ4n) is 1.91. The van der Waals surface area contributed by atoms with Crippen molar-refractivity contribution in [3.63, 3.8) is 0 Å². The van der Waals surface area contributed by atoms with Gasteiger partial charge < -0.3 is 14.8 Å². The van der Waals surface area contributed by atoms with E-state index in [4.69, 9.17) is 33.3 Å². The molecular formula is C14H18ClN3O3S. The summed E-state index contributed by atoms with van der Waals surface area (Å²) in [5, 5.41) is 3.72. The lowest BCUT2D eigenvalue weighted by Crippen LogP contribution is -2.46. The normalized spacial score (nSPS) is 11.9. The van der Waals surface area contributed by atoms with Crippen LogP contribution in [-0.4, -0.2) is 24.4 Å². The van der Waals surface area contributed by atoms with Crippen LogP contribution in [-0.2, 0) is 0 Å². The third-order valence-corrected chi connectivity index (χ3v) is 3.57. The van der Waals surface area contributed by atoms with Gasteiger partial charge in [0.25, 0.3) is 5.91 Å². The second kappa shape index (κ2) is 8.05. The largest absolute Gasteiger partial charge is 0.454 e. The fourth-order valence-corrected chi connectivity index (χ4v) is 2.32. The van der Waals surface area contributed by atoms with Crippen LogP contribution in [0.25, 0.3) is 0 Å². The van der Waals surface area contributed by atoms with Gasteiger partial charge in [0.2, 0.25) is 6.79 Å². The van der Waals surface area contributed by atoms with Crippen molar-refractivity contribution in [3.05, 3.63) is 22.7 Å². The first-order valence-corrected chi connectivity index (χ1v) is 7.83. The van der Waals surface area contributed by atoms with Crippen molar-refractivity contribution in [1.82, 2.24) is 16.2 Å². The molecular weight excluding hydrogens is 326 g/mol. The molecule has 6 nitrogen and oxygen atoms in total. The van der Waals surface area contributed by atoms with Gasteiger partial charge in [-0.25, -0.2) is 0 Å². The van der Waals surface area contributed by atoms with E-state index >= 15 is 0 Å². The lowest BCUT2D eigenvalue weighted by atomic mass is 10.2. The summed E-state index contributed by atoms with van der Waals surface area (Å²) in [6, 6.07) is 3.09. The van der Waals surface area contributed by atoms with Crippen LogP contribution in [0.2, 0.25) is 5.02 Å². The minimum absolute atomic E-state index is 0.101. The average molecular weight is 344 g/mol. The van der Waals surface area contributed by atoms with Gasteiger partial charge in [-0.05, 0) is 30.8 Å². The van der Waals surface area contributed by atoms with Crippen molar-refractivity contribution in [3.8, 4) is 11.5 Å². The van der Waals surface area contributed by atoms with Crippen molar-refractivity contribution in [2.75, 3.05) is 13.3 Å². The van der Waals surface area contributed by atoms with Crippen molar-refractivity contribution >= 4 is 34.8 Å². The Hall–Kier alpha value is -1.73. The molecule has 0 saturated carbocycles. The predicted molar refractivity (Wildman–Crippen MR) is 88.3 cm³/mol. The molecule has 1 aliphatic heterocycles. The molecule has 1 aromatic carbocycles. The van der Waals surface area contributed by atoms with E-state index in [-0.39, 0.29) is 12.7 Å². The molecule has 1 aromatic rings. The second-order valence-electron chi connectivity index (χ2n) is 4.73. The van der Waals surface area contributed by atoms with E-state index in [1.807, 2.05) is 0 Å². The Labute approximate surface area is 139 Å². The van der Waals surface area contributed by atoms with Gasteiger partial charge in [-0.15, -0.1) is 0 Å². The quantitative estimate of drug-likeness (QED) is 0.433. The molecule has 0 bridgehead atoms. The smallest absolute Gasteiger partial charge is 0.269 e. The number of halogens is 1. The van der Waals surface area contributed by atoms with E-state index in [2.05, 4.69) is 23.1 Å². The van der Waals surface area contributed by atoms with Crippen LogP contribution >= 0.6 is 23.8 Å². The van der Waals surface area contributed by atoms with Crippen LogP contribution in [0.15, 0.2) is 12.1 Å². The fraction of sp³-hybridized carbons (Fsp3) is 0.429. The summed E-state index contributed by atoms with van der Waals surface area (Å²) >= 11 is 11.1. The van der Waals surface area contributed by atoms with Crippen LogP contribution in [0.1, 0.15) is 36.5 Å². The van der Waals surface area contributed by atoms with E-state index in [9.17, 15) is 4.79 Å². The number of carbonyl (C=O) groups excluding carboxylic acids is 1. The molecule has 0 radical (unpaired) electrons. The molecule has 1 heterocycles. The van der Waals surface area contributed by atoms with Crippen LogP contribution in [0, 0.1) is 0 Å². The van der Waals surface area contributed by atoms with Crippen LogP contribution in [0.4, 0.5) is 0 Å². The number of hydrazine groups is 1. The SMILES string of the molecule is CCCCCNC(=S)NNC(=O)c1cc(Cl)c2c(c1)OCO2. The van der Waals surface area contributed by atoms with Crippen molar-refractivity contribution in [2.24, 2.45) is 0 Å². The van der Waals surface area contributed by atoms with E-state index in [1.54, 1.807) is 6.07 Å². The maximum atomic E-state index is 12.1. The highest BCUT2D eigenvalue weighted by Crippen LogP contribution is 2.39. The zero-order valence-electron chi connectivity index (χ0n) is 12.2. The number of rotatable bonds is 5. The monoisotopic (exact) mass is 343 g/mol. The number of fused-ring (bicyclic) bond motifs is 1. The number of hydrogen-bond donors (Lipinski definition) is 3. The van der Waals surface area contributed by atoms with Crippen molar-refractivity contribution in [2.45, 2.75) is 26.2 Å². The molecule has 2 rings (SSSR count). The third kappa shape index (κ3) is 4.38. The highest BCUT2D eigenvalue weighted by molar-refractivity contribution is 7.80. The van der Waals surface area contributed by atoms with E-state index in [0.29, 0.717) is 27.2 Å². The van der Waals surface area contributed by atoms with Crippen molar-refractivity contribution < 1.29 is 14.3 Å². The van der Waals surface area contributed by atoms with Crippen LogP contribution in [0.3, 0.4) is 0 Å². The number of unbranched alkanes of at least 4 members (excludes halogenated alkanes) is 2. The number of ether oxygens (including phenoxy) is 2. The van der Waals surface area contributed by atoms with Gasteiger partial charge in [0.05, 0.1) is 5.02 Å². The summed E-state index contributed by atoms with van der Waals surface area (Å²) in [7, 11) is 0. The predicted octanol–water partition coefficient (Wildman–Crippen LogP) is 2.37. The Morgan fingerprint density at radius 1 is 1.32 bits per heavy atom. The van der Waals surface area contributed by atoms with Gasteiger partial charge >= 0.3 is 0 Å². The highest BCUT2D eigenvalue weighted by atomic mass is 35.5. The lowest BCUT2D eigenvalue weighted by Gasteiger charge is -2.12. The molecule has 1 aliphatic rings. The first-order chi connectivity index (χ1) is 10.6. The molecule has 1 amide bonds. The van der Waals surface area contributed by atoms with Gasteiger partial charge in [0, 0.05) is 12.1 Å². The molecule has 0 saturated heterocycles. The van der Waals surface area contributed by atoms with Gasteiger partial charge in [-0.2, -0.15) is 0 Å². The Morgan fingerprint density at radius 2 is 2.14 bits per heavy atom. The lowest BCUT2D eigenvalue weighted by molar-refractivity contribution is 0.0943. The molecule has 0 aromatic heterocycles. The molecule has 0 unspecified atom stereocenters. The van der Waals surface area contributed by atoms with Gasteiger partial charge in [-0.3, -0.25) is 15.6 Å². The van der Waals surface area contributed by atoms with E-state index in [0.717, 1.165) is 25.8 Å². The summed E-state index contributed by atoms with van der Waals surface area (Å²) in [5.41, 5.74) is 5.52. The molecule has 0 atom stereocenters. The minimum Gasteiger partial charge on any atom is -0.454 e. The zero-order valence-corrected chi connectivity index (χ0v) is 13.8. The first-order valence-electron chi connectivity index (χ1n) is 7.05. The van der Waals surface area contributed by atoms with Gasteiger partial charge in [0.15, 0.2) is 16.6 Å². The molecule has 22 heavy (non-hydrogen) atoms. The Kier molecular flexibility index (Phi) is 6.09. The molecule has 0 spiro atoms. The number of benzene rings is 1. The number of hydrogen-bond acceptors (Lipinski definition) is 4. The molecule has 3 N–H and O–H groups in total. The number of nitrogens with one attached hydrogen (secondary N) is 3. The highest BCUT2D eigenvalue weighted by Gasteiger charge is 2.20. The molecule has 8 heteroatoms. The van der Waals surface area contributed by atoms with Crippen molar-refractivity contribution in [1.29, 1.82) is 0 Å². The van der Waals surface area contributed by atoms with Gasteiger partial charge in [0.1, 0.15) is 0 Å². The molecule has 0 fully saturated rings. The Bertz CT molecular complexity index is 569. The van der Waals surface area contributed by atoms with E-state index < -0.39 is 0 Å². The molecule has 0 aliphatic carbocycles. The maximum Gasteiger partial charge on any atom is 0.269 e. The molecule has 120 valence electrons. The summed E-state index contributed by atoms with van der Waals surface area (Å²) in [6.07, 6.45) is 3.31. The Balaban J connectivity index is 1.83. The van der Waals surface area contributed by atoms with Crippen LogP contribution in [0.5, 0.6) is 11.5 Å². The van der Waals surface area contributed by atoms with Gasteiger partial charge in [-0.1, -0.05) is 31.4 Å². The summed E-state index contributed by atoms with van der Waals surface area (Å²) < 4.78 is 10.4. The zero-order chi connectivity index (χ0) is 15.9. The second-order valence-corrected chi connectivity index (χ2v) is 5.55. The third-order valence-electron chi connectivity index (χ3n) is 3.04. The number of carbonyl (C=O) groups is 1. The topological polar surface area (TPSA) is 71.6 Å². The summed E-state index contributed by atoms with van der Waals surface area (Å²) in [5.74, 6) is 0.551. The maximum absolute atomic E-state index is 12.1. The standard InChI is InChI=1S/C14H18ClN3O3S/c1-2-3-4-5-16-14(22)18-17-13(19)9-6-10(15)12-11(7-9)20-8-21-12/h6-7H,2-5,8H2,1H3,(H,17,19)(H2,16,18,22). The van der Waals surface area contributed by atoms with Crippen LogP contribution < -0.4 is 25.6 Å². The number of thiocarbonyl (C=S) groups is 1. The first kappa shape index (κ1) is 16.6. The summed E-state index contributed by atoms with van der Waals surface area (Å²) in [4.78, 5) is 12.1. The number of amides is 1. The summed E-state index contributed by atoms with van der Waals surface area (Å²) in [6.45, 7) is 3.00. The van der Waals surface area contributed by atoms with E-state index in [1.165, 1.54) is 6.07 Å². The minimum atomic E-state index is -0.363. The Morgan fingerprint density at radius 3 is 2.91 bits per heavy atom.